The van der Waals surface area contributed by atoms with Crippen molar-refractivity contribution in [2.45, 2.75) is 26.2 Å². The van der Waals surface area contributed by atoms with E-state index in [1.807, 2.05) is 18.2 Å². The van der Waals surface area contributed by atoms with Crippen molar-refractivity contribution in [2.24, 2.45) is 4.99 Å². The van der Waals surface area contributed by atoms with E-state index in [0.29, 0.717) is 33.9 Å². The number of rotatable bonds is 9. The number of amides is 1. The molecule has 1 aliphatic heterocycles. The van der Waals surface area contributed by atoms with E-state index >= 15 is 0 Å². The highest BCUT2D eigenvalue weighted by Crippen LogP contribution is 2.38. The highest BCUT2D eigenvalue weighted by atomic mass is 32.2. The number of aromatic carboxylic acids is 1. The van der Waals surface area contributed by atoms with E-state index < -0.39 is 5.97 Å². The molecule has 1 saturated heterocycles. The average molecular weight is 455 g/mol. The van der Waals surface area contributed by atoms with E-state index in [1.165, 1.54) is 28.8 Å². The molecule has 0 aliphatic carbocycles. The van der Waals surface area contributed by atoms with Gasteiger partial charge in [-0.05, 0) is 48.5 Å². The number of carbonyl (C=O) groups excluding carboxylic acids is 1. The van der Waals surface area contributed by atoms with Crippen LogP contribution in [0.5, 0.6) is 11.5 Å². The first-order chi connectivity index (χ1) is 15.4. The fourth-order valence-corrected chi connectivity index (χ4v) is 4.08. The number of carboxylic acids is 1. The zero-order chi connectivity index (χ0) is 23.1. The Hall–Kier alpha value is -3.26. The van der Waals surface area contributed by atoms with Crippen molar-refractivity contribution >= 4 is 40.6 Å². The second kappa shape index (κ2) is 10.9. The van der Waals surface area contributed by atoms with E-state index in [4.69, 9.17) is 9.47 Å². The number of amidine groups is 1. The van der Waals surface area contributed by atoms with Gasteiger partial charge in [0.15, 0.2) is 16.7 Å². The smallest absolute Gasteiger partial charge is 0.335 e. The van der Waals surface area contributed by atoms with Gasteiger partial charge in [-0.2, -0.15) is 0 Å². The molecule has 7 nitrogen and oxygen atoms in total. The summed E-state index contributed by atoms with van der Waals surface area (Å²) in [7, 11) is 3.23. The number of aliphatic imine (C=N–C) groups is 1. The van der Waals surface area contributed by atoms with Crippen LogP contribution in [-0.2, 0) is 4.79 Å². The lowest BCUT2D eigenvalue weighted by Crippen LogP contribution is -2.23. The highest BCUT2D eigenvalue weighted by Gasteiger charge is 2.31. The molecule has 2 aromatic rings. The van der Waals surface area contributed by atoms with Gasteiger partial charge >= 0.3 is 5.97 Å². The lowest BCUT2D eigenvalue weighted by atomic mass is 10.1. The number of para-hydroxylation sites is 1. The SMILES string of the molecule is CCCCCOc1c(/C=C2/SC(=Nc3cccc(C(=O)O)c3)N(C)C2=O)cccc1OC. The van der Waals surface area contributed by atoms with E-state index in [1.54, 1.807) is 32.4 Å². The molecule has 1 fully saturated rings. The lowest BCUT2D eigenvalue weighted by molar-refractivity contribution is -0.121. The number of carbonyl (C=O) groups is 2. The van der Waals surface area contributed by atoms with E-state index in [0.717, 1.165) is 24.8 Å². The summed E-state index contributed by atoms with van der Waals surface area (Å²) < 4.78 is 11.5. The van der Waals surface area contributed by atoms with Gasteiger partial charge in [0.2, 0.25) is 0 Å². The summed E-state index contributed by atoms with van der Waals surface area (Å²) in [5.74, 6) is -0.00301. The number of carboxylic acid groups (broad SMARTS) is 1. The normalized spacial score (nSPS) is 16.1. The van der Waals surface area contributed by atoms with Crippen LogP contribution in [-0.4, -0.2) is 47.8 Å². The number of hydrogen-bond acceptors (Lipinski definition) is 6. The van der Waals surface area contributed by atoms with Gasteiger partial charge in [-0.25, -0.2) is 9.79 Å². The predicted octanol–water partition coefficient (Wildman–Crippen LogP) is 5.20. The largest absolute Gasteiger partial charge is 0.493 e. The van der Waals surface area contributed by atoms with Crippen LogP contribution in [0.1, 0.15) is 42.1 Å². The van der Waals surface area contributed by atoms with Crippen LogP contribution >= 0.6 is 11.8 Å². The first-order valence-electron chi connectivity index (χ1n) is 10.3. The average Bonchev–Trinajstić information content (AvgIpc) is 3.05. The minimum absolute atomic E-state index is 0.140. The van der Waals surface area contributed by atoms with Gasteiger partial charge in [-0.3, -0.25) is 9.69 Å². The Bertz CT molecular complexity index is 1060. The standard InChI is InChI=1S/C24H26N2O5S/c1-4-5-6-13-31-21-16(9-8-12-19(21)30-3)15-20-22(27)26(2)24(32-20)25-18-11-7-10-17(14-18)23(28)29/h7-12,14-15H,4-6,13H2,1-3H3,(H,28,29)/b20-15+,25-24?. The monoisotopic (exact) mass is 454 g/mol. The second-order valence-electron chi connectivity index (χ2n) is 7.16. The third kappa shape index (κ3) is 5.50. The van der Waals surface area contributed by atoms with Gasteiger partial charge in [-0.1, -0.05) is 38.0 Å². The predicted molar refractivity (Wildman–Crippen MR) is 127 cm³/mol. The minimum Gasteiger partial charge on any atom is -0.493 e. The number of hydrogen-bond donors (Lipinski definition) is 1. The summed E-state index contributed by atoms with van der Waals surface area (Å²) in [5, 5.41) is 9.65. The van der Waals surface area contributed by atoms with Crippen LogP contribution in [0, 0.1) is 0 Å². The summed E-state index contributed by atoms with van der Waals surface area (Å²) in [6, 6.07) is 11.9. The van der Waals surface area contributed by atoms with Gasteiger partial charge in [0.05, 0.1) is 29.9 Å². The zero-order valence-corrected chi connectivity index (χ0v) is 19.1. The van der Waals surface area contributed by atoms with Crippen LogP contribution in [0.15, 0.2) is 52.4 Å². The van der Waals surface area contributed by atoms with Gasteiger partial charge in [0.1, 0.15) is 0 Å². The topological polar surface area (TPSA) is 88.4 Å². The number of ether oxygens (including phenoxy) is 2. The number of likely N-dealkylation sites (N-methyl/N-ethyl adjacent to an activating group) is 1. The van der Waals surface area contributed by atoms with Crippen LogP contribution in [0.3, 0.4) is 0 Å². The van der Waals surface area contributed by atoms with Crippen molar-refractivity contribution in [3.05, 3.63) is 58.5 Å². The van der Waals surface area contributed by atoms with Gasteiger partial charge in [0, 0.05) is 12.6 Å². The molecular weight excluding hydrogens is 428 g/mol. The molecule has 1 aliphatic rings. The number of benzene rings is 2. The molecule has 168 valence electrons. The fraction of sp³-hybridized carbons (Fsp3) is 0.292. The summed E-state index contributed by atoms with van der Waals surface area (Å²) in [4.78, 5) is 30.5. The molecular formula is C24H26N2O5S. The molecule has 0 unspecified atom stereocenters. The van der Waals surface area contributed by atoms with Crippen molar-refractivity contribution in [2.75, 3.05) is 20.8 Å². The number of thioether (sulfide) groups is 1. The molecule has 0 saturated carbocycles. The van der Waals surface area contributed by atoms with Gasteiger partial charge in [-0.15, -0.1) is 0 Å². The summed E-state index contributed by atoms with van der Waals surface area (Å²) in [6.45, 7) is 2.70. The summed E-state index contributed by atoms with van der Waals surface area (Å²) >= 11 is 1.23. The lowest BCUT2D eigenvalue weighted by Gasteiger charge is -2.13. The molecule has 1 heterocycles. The van der Waals surface area contributed by atoms with Crippen LogP contribution in [0.4, 0.5) is 5.69 Å². The van der Waals surface area contributed by atoms with Crippen molar-refractivity contribution in [1.29, 1.82) is 0 Å². The molecule has 1 N–H and O–H groups in total. The van der Waals surface area contributed by atoms with Gasteiger partial charge < -0.3 is 14.6 Å². The number of methoxy groups -OCH3 is 1. The first-order valence-corrected chi connectivity index (χ1v) is 11.2. The first kappa shape index (κ1) is 23.4. The molecule has 0 aromatic heterocycles. The maximum absolute atomic E-state index is 12.8. The van der Waals surface area contributed by atoms with Gasteiger partial charge in [0.25, 0.3) is 5.91 Å². The Balaban J connectivity index is 1.89. The van der Waals surface area contributed by atoms with E-state index in [9.17, 15) is 14.7 Å². The second-order valence-corrected chi connectivity index (χ2v) is 8.17. The Kier molecular flexibility index (Phi) is 7.94. The van der Waals surface area contributed by atoms with Crippen molar-refractivity contribution in [3.63, 3.8) is 0 Å². The Morgan fingerprint density at radius 2 is 2.00 bits per heavy atom. The van der Waals surface area contributed by atoms with E-state index in [2.05, 4.69) is 11.9 Å². The third-order valence-electron chi connectivity index (χ3n) is 4.83. The Labute approximate surface area is 191 Å². The maximum Gasteiger partial charge on any atom is 0.335 e. The molecule has 0 radical (unpaired) electrons. The highest BCUT2D eigenvalue weighted by molar-refractivity contribution is 8.18. The van der Waals surface area contributed by atoms with Crippen molar-refractivity contribution < 1.29 is 24.2 Å². The Morgan fingerprint density at radius 3 is 2.72 bits per heavy atom. The van der Waals surface area contributed by atoms with Crippen molar-refractivity contribution in [1.82, 2.24) is 4.90 Å². The molecule has 8 heteroatoms. The fourth-order valence-electron chi connectivity index (χ4n) is 3.10. The molecule has 0 spiro atoms. The molecule has 0 atom stereocenters. The zero-order valence-electron chi connectivity index (χ0n) is 18.3. The van der Waals surface area contributed by atoms with Crippen LogP contribution in [0.25, 0.3) is 6.08 Å². The molecule has 32 heavy (non-hydrogen) atoms. The molecule has 0 bridgehead atoms. The number of unbranched alkanes of at least 4 members (excludes halogenated alkanes) is 2. The minimum atomic E-state index is -1.03. The number of nitrogens with zero attached hydrogens (tertiary/aromatic N) is 2. The van der Waals surface area contributed by atoms with Crippen molar-refractivity contribution in [3.8, 4) is 11.5 Å². The molecule has 3 rings (SSSR count). The van der Waals surface area contributed by atoms with E-state index in [-0.39, 0.29) is 11.5 Å². The summed E-state index contributed by atoms with van der Waals surface area (Å²) in [5.41, 5.74) is 1.36. The molecule has 1 amide bonds. The van der Waals surface area contributed by atoms with Crippen LogP contribution < -0.4 is 9.47 Å². The molecule has 2 aromatic carbocycles. The quantitative estimate of drug-likeness (QED) is 0.414. The Morgan fingerprint density at radius 1 is 1.22 bits per heavy atom. The summed E-state index contributed by atoms with van der Waals surface area (Å²) in [6.07, 6.45) is 4.89. The third-order valence-corrected chi connectivity index (χ3v) is 5.89. The van der Waals surface area contributed by atoms with Crippen LogP contribution in [0.2, 0.25) is 0 Å². The maximum atomic E-state index is 12.8.